The zero-order chi connectivity index (χ0) is 65.2. The highest BCUT2D eigenvalue weighted by molar-refractivity contribution is 6.06. The van der Waals surface area contributed by atoms with Gasteiger partial charge < -0.3 is 40.9 Å². The number of nitrogens with one attached hydrogen (secondary N) is 3. The second kappa shape index (κ2) is 31.8. The first-order valence-electron chi connectivity index (χ1n) is 32.4. The lowest BCUT2D eigenvalue weighted by Crippen LogP contribution is -2.22. The molecule has 1 saturated carbocycles. The average molecular weight is 1260 g/mol. The normalized spacial score (nSPS) is 14.3. The average Bonchev–Trinajstić information content (AvgIpc) is 1.85. The molecule has 482 valence electrons. The molecule has 0 atom stereocenters. The highest BCUT2D eigenvalue weighted by atomic mass is 16.4. The Kier molecular flexibility index (Phi) is 22.6. The molecule has 6 heterocycles. The van der Waals surface area contributed by atoms with Gasteiger partial charge in [-0.05, 0) is 146 Å². The van der Waals surface area contributed by atoms with E-state index in [0.717, 1.165) is 158 Å². The van der Waals surface area contributed by atoms with E-state index in [-0.39, 0.29) is 36.3 Å². The number of carboxylic acid groups (broad SMARTS) is 2. The summed E-state index contributed by atoms with van der Waals surface area (Å²) in [7, 11) is 0. The molecule has 1 aliphatic carbocycles. The molecule has 5 N–H and O–H groups in total. The molecule has 3 aliphatic heterocycles. The molecule has 3 amide bonds. The van der Waals surface area contributed by atoms with Gasteiger partial charge in [0.05, 0.1) is 12.8 Å². The van der Waals surface area contributed by atoms with Crippen molar-refractivity contribution < 1.29 is 39.0 Å². The number of carboxylic acids is 2. The molecule has 4 fully saturated rings. The Morgan fingerprint density at radius 3 is 1.26 bits per heavy atom. The van der Waals surface area contributed by atoms with Crippen LogP contribution in [0.4, 0.5) is 34.5 Å². The maximum atomic E-state index is 12.7. The van der Waals surface area contributed by atoms with Gasteiger partial charge in [-0.1, -0.05) is 80.6 Å². The van der Waals surface area contributed by atoms with Gasteiger partial charge in [0.1, 0.15) is 40.7 Å². The summed E-state index contributed by atoms with van der Waals surface area (Å²) < 4.78 is 0. The smallest absolute Gasteiger partial charge is 0.308 e. The van der Waals surface area contributed by atoms with E-state index in [2.05, 4.69) is 45.6 Å². The molecule has 8 aromatic rings. The van der Waals surface area contributed by atoms with E-state index < -0.39 is 11.9 Å². The Labute approximate surface area is 542 Å². The minimum Gasteiger partial charge on any atom is -0.481 e. The van der Waals surface area contributed by atoms with Crippen molar-refractivity contribution in [1.82, 2.24) is 29.9 Å². The highest BCUT2D eigenvalue weighted by Gasteiger charge is 2.26. The second-order valence-electron chi connectivity index (χ2n) is 25.0. The first-order chi connectivity index (χ1) is 45.0. The van der Waals surface area contributed by atoms with Crippen molar-refractivity contribution in [1.29, 1.82) is 0 Å². The van der Waals surface area contributed by atoms with Crippen molar-refractivity contribution in [2.45, 2.75) is 124 Å². The molecule has 3 saturated heterocycles. The monoisotopic (exact) mass is 1250 g/mol. The fourth-order valence-electron chi connectivity index (χ4n) is 11.7. The minimum atomic E-state index is -0.886. The standard InChI is InChI=1S/C28H26N4O3.C23H30N4O2.C22H26N4O3/c33-26(34)17-23-18-29-25(31-27(23)32-13-3-4-14-32)15-19-7-11-24(12-8-19)30-28(35)22-10-9-20-5-1-2-6-21(20)16-22;1-16(2)12-22(29)25-20-8-6-18(7-9-20)14-21-24-15-19(13-17(3)28)23(26-21)27-10-4-5-11-27;27-20(12-16-3-4-16)24-18-7-5-15(6-8-18)11-19-23-14-17(13-21(28)29)22(25-19)26-9-1-2-10-26/h1-2,5-12,16,18H,3-4,13-15,17H2,(H,30,35)(H,33,34);6-9,15-16H,4-5,10-14H2,1-3H3,(H,25,29);5-8,14,16H,1-4,9-13H2,(H,24,27)(H,28,29). The number of aromatic nitrogens is 6. The third-order valence-electron chi connectivity index (χ3n) is 16.6. The highest BCUT2D eigenvalue weighted by Crippen LogP contribution is 2.33. The molecule has 0 spiro atoms. The van der Waals surface area contributed by atoms with Crippen LogP contribution >= 0.6 is 0 Å². The van der Waals surface area contributed by atoms with Crippen LogP contribution in [0.2, 0.25) is 0 Å². The topological polar surface area (TPSA) is 266 Å². The van der Waals surface area contributed by atoms with E-state index in [1.165, 1.54) is 0 Å². The van der Waals surface area contributed by atoms with Crippen LogP contribution in [0, 0.1) is 11.8 Å². The summed E-state index contributed by atoms with van der Waals surface area (Å²) in [5.41, 5.74) is 8.27. The quantitative estimate of drug-likeness (QED) is 0.0398. The van der Waals surface area contributed by atoms with Gasteiger partial charge in [-0.2, -0.15) is 0 Å². The number of Topliss-reactive ketones (excluding diaryl/α,β-unsaturated/α-hetero) is 1. The molecule has 5 aromatic carbocycles. The van der Waals surface area contributed by atoms with Crippen molar-refractivity contribution in [3.05, 3.63) is 190 Å². The van der Waals surface area contributed by atoms with Gasteiger partial charge in [0.2, 0.25) is 11.8 Å². The van der Waals surface area contributed by atoms with Gasteiger partial charge in [-0.25, -0.2) is 29.9 Å². The van der Waals surface area contributed by atoms with Crippen LogP contribution in [0.3, 0.4) is 0 Å². The van der Waals surface area contributed by atoms with Gasteiger partial charge in [0.15, 0.2) is 0 Å². The summed E-state index contributed by atoms with van der Waals surface area (Å²) in [5, 5.41) is 29.4. The molecule has 12 rings (SSSR count). The molecule has 0 unspecified atom stereocenters. The number of carbonyl (C=O) groups excluding carboxylic acids is 4. The van der Waals surface area contributed by atoms with Crippen molar-refractivity contribution in [2.75, 3.05) is 69.9 Å². The molecule has 0 radical (unpaired) electrons. The Morgan fingerprint density at radius 1 is 0.484 bits per heavy atom. The summed E-state index contributed by atoms with van der Waals surface area (Å²) in [5.74, 6) is 3.67. The third-order valence-corrected chi connectivity index (χ3v) is 16.6. The Morgan fingerprint density at radius 2 is 0.871 bits per heavy atom. The summed E-state index contributed by atoms with van der Waals surface area (Å²) in [6.45, 7) is 11.2. The zero-order valence-electron chi connectivity index (χ0n) is 53.3. The van der Waals surface area contributed by atoms with Gasteiger partial charge in [-0.15, -0.1) is 0 Å². The van der Waals surface area contributed by atoms with Crippen LogP contribution in [0.5, 0.6) is 0 Å². The number of fused-ring (bicyclic) bond motifs is 1. The van der Waals surface area contributed by atoms with Crippen molar-refractivity contribution >= 4 is 80.7 Å². The van der Waals surface area contributed by atoms with E-state index >= 15 is 0 Å². The van der Waals surface area contributed by atoms with Gasteiger partial charge in [0.25, 0.3) is 5.91 Å². The molecular weight excluding hydrogens is 1170 g/mol. The largest absolute Gasteiger partial charge is 0.481 e. The van der Waals surface area contributed by atoms with Crippen molar-refractivity contribution in [3.8, 4) is 0 Å². The van der Waals surface area contributed by atoms with Gasteiger partial charge >= 0.3 is 11.9 Å². The Balaban J connectivity index is 0.000000154. The number of aliphatic carboxylic acids is 2. The van der Waals surface area contributed by atoms with Crippen LogP contribution in [0.25, 0.3) is 10.8 Å². The fourth-order valence-corrected chi connectivity index (χ4v) is 11.7. The fraction of sp³-hybridized carbons (Fsp3) is 0.370. The Hall–Kier alpha value is -9.98. The number of hydrogen-bond acceptors (Lipinski definition) is 15. The first kappa shape index (κ1) is 66.0. The molecular formula is C73H82N12O8. The molecule has 93 heavy (non-hydrogen) atoms. The number of amides is 3. The number of nitrogens with zero attached hydrogens (tertiary/aromatic N) is 9. The maximum Gasteiger partial charge on any atom is 0.308 e. The van der Waals surface area contributed by atoms with Crippen LogP contribution in [0.1, 0.15) is 146 Å². The lowest BCUT2D eigenvalue weighted by Gasteiger charge is -2.20. The molecule has 4 aliphatic rings. The van der Waals surface area contributed by atoms with Crippen LogP contribution in [-0.2, 0) is 62.5 Å². The van der Waals surface area contributed by atoms with E-state index in [1.807, 2.05) is 129 Å². The summed E-state index contributed by atoms with van der Waals surface area (Å²) >= 11 is 0. The van der Waals surface area contributed by atoms with Crippen LogP contribution in [-0.4, -0.2) is 115 Å². The SMILES string of the molecule is CC(=O)Cc1cnc(Cc2ccc(NC(=O)CC(C)C)cc2)nc1N1CCCC1.O=C(O)Cc1cnc(Cc2ccc(NC(=O)CC3CC3)cc2)nc1N1CCCC1.O=C(O)Cc1cnc(Cc2ccc(NC(=O)c3ccc4ccccc4c3)cc2)nc1N1CCCC1. The predicted molar refractivity (Wildman–Crippen MR) is 361 cm³/mol. The van der Waals surface area contributed by atoms with E-state index in [1.54, 1.807) is 25.5 Å². The first-order valence-corrected chi connectivity index (χ1v) is 32.4. The molecule has 3 aromatic heterocycles. The minimum absolute atomic E-state index is 0.0346. The van der Waals surface area contributed by atoms with Crippen molar-refractivity contribution in [3.63, 3.8) is 0 Å². The van der Waals surface area contributed by atoms with E-state index in [4.69, 9.17) is 15.0 Å². The maximum absolute atomic E-state index is 12.7. The van der Waals surface area contributed by atoms with Gasteiger partial charge in [-0.3, -0.25) is 28.8 Å². The predicted octanol–water partition coefficient (Wildman–Crippen LogP) is 11.5. The Bertz CT molecular complexity index is 3780. The number of anilines is 6. The number of ketones is 1. The molecule has 0 bridgehead atoms. The van der Waals surface area contributed by atoms with E-state index in [0.29, 0.717) is 84.4 Å². The number of benzene rings is 5. The second-order valence-corrected chi connectivity index (χ2v) is 25.0. The summed E-state index contributed by atoms with van der Waals surface area (Å²) in [4.78, 5) is 105. The lowest BCUT2D eigenvalue weighted by molar-refractivity contribution is -0.137. The molecule has 20 heteroatoms. The lowest BCUT2D eigenvalue weighted by atomic mass is 10.1. The summed E-state index contributed by atoms with van der Waals surface area (Å²) in [6.07, 6.45) is 17.1. The number of hydrogen-bond donors (Lipinski definition) is 5. The van der Waals surface area contributed by atoms with Crippen molar-refractivity contribution in [2.24, 2.45) is 11.8 Å². The van der Waals surface area contributed by atoms with Gasteiger partial charge in [0, 0.05) is 136 Å². The summed E-state index contributed by atoms with van der Waals surface area (Å²) in [6, 6.07) is 36.8. The third kappa shape index (κ3) is 19.8. The van der Waals surface area contributed by atoms with Crippen LogP contribution < -0.4 is 30.7 Å². The number of carbonyl (C=O) groups is 6. The van der Waals surface area contributed by atoms with E-state index in [9.17, 15) is 39.0 Å². The molecule has 20 nitrogen and oxygen atoms in total. The zero-order valence-corrected chi connectivity index (χ0v) is 53.3. The number of rotatable bonds is 23. The van der Waals surface area contributed by atoms with Crippen LogP contribution in [0.15, 0.2) is 134 Å².